The van der Waals surface area contributed by atoms with Crippen molar-refractivity contribution in [1.29, 1.82) is 0 Å². The Kier molecular flexibility index (Phi) is 12.4. The highest BCUT2D eigenvalue weighted by Crippen LogP contribution is 2.47. The van der Waals surface area contributed by atoms with Crippen molar-refractivity contribution in [1.82, 2.24) is 0 Å². The van der Waals surface area contributed by atoms with E-state index < -0.39 is 33.3 Å². The summed E-state index contributed by atoms with van der Waals surface area (Å²) < 4.78 is 35.6. The molecule has 0 aromatic heterocycles. The highest BCUT2D eigenvalue weighted by molar-refractivity contribution is 6.75. The molecule has 1 rings (SSSR count). The summed E-state index contributed by atoms with van der Waals surface area (Å²) in [5, 5.41) is 0.184. The second kappa shape index (κ2) is 13.0. The fourth-order valence-corrected chi connectivity index (χ4v) is 8.54. The molecule has 9 heteroatoms. The first-order chi connectivity index (χ1) is 18.3. The van der Waals surface area contributed by atoms with Crippen LogP contribution in [0.25, 0.3) is 0 Å². The van der Waals surface area contributed by atoms with Crippen LogP contribution in [0.3, 0.4) is 0 Å². The Bertz CT molecular complexity index is 943. The summed E-state index contributed by atoms with van der Waals surface area (Å²) in [4.78, 5) is 0. The van der Waals surface area contributed by atoms with Crippen LogP contribution in [0.15, 0.2) is 24.5 Å². The zero-order valence-corrected chi connectivity index (χ0v) is 35.4. The van der Waals surface area contributed by atoms with Crippen LogP contribution >= 0.6 is 0 Å². The quantitative estimate of drug-likeness (QED) is 0.207. The second-order valence-electron chi connectivity index (χ2n) is 18.5. The summed E-state index contributed by atoms with van der Waals surface area (Å²) in [6.07, 6.45) is 2.47. The molecule has 0 radical (unpaired) electrons. The number of hydrogen-bond acceptors (Lipinski definition) is 5. The number of hydrogen-bond donors (Lipinski definition) is 0. The van der Waals surface area contributed by atoms with E-state index in [9.17, 15) is 0 Å². The van der Waals surface area contributed by atoms with Gasteiger partial charge in [0.1, 0.15) is 24.1 Å². The van der Waals surface area contributed by atoms with Crippen molar-refractivity contribution in [3.05, 3.63) is 24.5 Å². The minimum atomic E-state index is -2.23. The van der Waals surface area contributed by atoms with Crippen LogP contribution in [0.2, 0.25) is 72.5 Å². The fourth-order valence-electron chi connectivity index (χ4n) is 3.69. The summed E-state index contributed by atoms with van der Waals surface area (Å²) in [6, 6.07) is 0. The molecule has 1 saturated heterocycles. The number of ether oxygens (including phenoxy) is 1. The zero-order chi connectivity index (χ0) is 33.5. The van der Waals surface area contributed by atoms with Crippen molar-refractivity contribution in [3.63, 3.8) is 0 Å². The van der Waals surface area contributed by atoms with E-state index in [0.29, 0.717) is 6.61 Å². The monoisotopic (exact) mass is 658 g/mol. The molecule has 5 nitrogen and oxygen atoms in total. The van der Waals surface area contributed by atoms with Crippen molar-refractivity contribution in [2.45, 2.75) is 180 Å². The lowest BCUT2D eigenvalue weighted by Gasteiger charge is -2.46. The van der Waals surface area contributed by atoms with Gasteiger partial charge in [-0.05, 0) is 78.6 Å². The average molecular weight is 659 g/mol. The first-order valence-electron chi connectivity index (χ1n) is 16.0. The summed E-state index contributed by atoms with van der Waals surface area (Å²) in [5.41, 5.74) is 0. The summed E-state index contributed by atoms with van der Waals surface area (Å²) in [6.45, 7) is 50.4. The van der Waals surface area contributed by atoms with Gasteiger partial charge < -0.3 is 22.4 Å². The minimum absolute atomic E-state index is 0.0252. The first-order valence-corrected chi connectivity index (χ1v) is 27.6. The maximum atomic E-state index is 7.33. The van der Waals surface area contributed by atoms with E-state index in [0.717, 1.165) is 5.76 Å². The molecule has 0 aromatic carbocycles. The minimum Gasteiger partial charge on any atom is -0.486 e. The van der Waals surface area contributed by atoms with E-state index in [1.165, 1.54) is 0 Å². The topological polar surface area (TPSA) is 46.2 Å². The molecule has 4 atom stereocenters. The molecule has 1 heterocycles. The molecule has 1 fully saturated rings. The normalized spacial score (nSPS) is 23.7. The molecule has 248 valence electrons. The molecule has 0 spiro atoms. The van der Waals surface area contributed by atoms with Crippen molar-refractivity contribution in [3.8, 4) is 0 Å². The molecule has 0 unspecified atom stereocenters. The smallest absolute Gasteiger partial charge is 0.193 e. The van der Waals surface area contributed by atoms with E-state index >= 15 is 0 Å². The SMILES string of the molecule is C=C/C=C1\O[C@@H]([C@@H](CO[Si](C)(C)C(C)(C)C)O[Si](C)(C)C(C)(C)C)[C@H](O[Si](C)(C)C(C)(C)C)[C@H]1O[Si](C)(C)C(C)(C)C. The summed E-state index contributed by atoms with van der Waals surface area (Å²) in [5.74, 6) is 0.791. The predicted octanol–water partition coefficient (Wildman–Crippen LogP) is 10.6. The highest BCUT2D eigenvalue weighted by Gasteiger charge is 2.56. The van der Waals surface area contributed by atoms with Crippen molar-refractivity contribution < 1.29 is 22.4 Å². The van der Waals surface area contributed by atoms with Gasteiger partial charge in [0.25, 0.3) is 0 Å². The van der Waals surface area contributed by atoms with Crippen molar-refractivity contribution in [2.24, 2.45) is 0 Å². The van der Waals surface area contributed by atoms with Crippen LogP contribution in [0.5, 0.6) is 0 Å². The van der Waals surface area contributed by atoms with E-state index in [1.54, 1.807) is 6.08 Å². The third-order valence-corrected chi connectivity index (χ3v) is 28.9. The molecule has 0 saturated carbocycles. The lowest BCUT2D eigenvalue weighted by atomic mass is 10.1. The Labute approximate surface area is 266 Å². The van der Waals surface area contributed by atoms with E-state index in [1.807, 2.05) is 6.08 Å². The van der Waals surface area contributed by atoms with E-state index in [2.05, 4.69) is 142 Å². The van der Waals surface area contributed by atoms with Crippen LogP contribution in [0.1, 0.15) is 83.1 Å². The molecule has 1 aliphatic rings. The molecule has 0 aromatic rings. The molecule has 0 bridgehead atoms. The molecule has 0 aliphatic carbocycles. The van der Waals surface area contributed by atoms with Crippen LogP contribution in [0.4, 0.5) is 0 Å². The van der Waals surface area contributed by atoms with Crippen molar-refractivity contribution >= 4 is 33.3 Å². The Hall–Kier alpha value is -0.0125. The highest BCUT2D eigenvalue weighted by atomic mass is 28.4. The maximum absolute atomic E-state index is 7.33. The van der Waals surface area contributed by atoms with Crippen LogP contribution in [0, 0.1) is 0 Å². The largest absolute Gasteiger partial charge is 0.486 e. The van der Waals surface area contributed by atoms with Crippen LogP contribution in [-0.4, -0.2) is 64.3 Å². The summed E-state index contributed by atoms with van der Waals surface area (Å²) >= 11 is 0. The first kappa shape index (κ1) is 40.0. The van der Waals surface area contributed by atoms with Gasteiger partial charge in [-0.2, -0.15) is 0 Å². The average Bonchev–Trinajstić information content (AvgIpc) is 3.04. The standard InChI is InChI=1S/C33H70O5Si4/c1-22-23-25-28(37-41(18,19)32(8,9)10)29(38-42(20,21)33(11,12)13)27(35-25)26(36-40(16,17)31(5,6)7)24-34-39(14,15)30(2,3)4/h22-23,26-29H,1,24H2,2-21H3/b25-23-/t26-,27+,28+,29+/m1/s1. The molecule has 0 N–H and O–H groups in total. The zero-order valence-electron chi connectivity index (χ0n) is 31.4. The molecule has 0 amide bonds. The van der Waals surface area contributed by atoms with Gasteiger partial charge in [0, 0.05) is 0 Å². The lowest BCUT2D eigenvalue weighted by Crippen LogP contribution is -2.57. The Morgan fingerprint density at radius 1 is 0.667 bits per heavy atom. The van der Waals surface area contributed by atoms with E-state index in [4.69, 9.17) is 22.4 Å². The molecule has 1 aliphatic heterocycles. The van der Waals surface area contributed by atoms with Crippen molar-refractivity contribution in [2.75, 3.05) is 6.61 Å². The third kappa shape index (κ3) is 9.50. The lowest BCUT2D eigenvalue weighted by molar-refractivity contribution is -0.0494. The van der Waals surface area contributed by atoms with Gasteiger partial charge in [-0.3, -0.25) is 0 Å². The van der Waals surface area contributed by atoms with Crippen LogP contribution < -0.4 is 0 Å². The fraction of sp³-hybridized carbons (Fsp3) is 0.879. The van der Waals surface area contributed by atoms with Gasteiger partial charge in [-0.1, -0.05) is 95.7 Å². The third-order valence-electron chi connectivity index (χ3n) is 11.0. The molecular formula is C33H70O5Si4. The van der Waals surface area contributed by atoms with Gasteiger partial charge in [0.15, 0.2) is 39.4 Å². The Morgan fingerprint density at radius 2 is 1.07 bits per heavy atom. The van der Waals surface area contributed by atoms with Crippen LogP contribution in [-0.2, 0) is 22.4 Å². The number of rotatable bonds is 11. The second-order valence-corrected chi connectivity index (χ2v) is 37.6. The van der Waals surface area contributed by atoms with Gasteiger partial charge in [-0.25, -0.2) is 0 Å². The Balaban J connectivity index is 3.85. The predicted molar refractivity (Wildman–Crippen MR) is 193 cm³/mol. The Morgan fingerprint density at radius 3 is 1.45 bits per heavy atom. The van der Waals surface area contributed by atoms with Gasteiger partial charge in [-0.15, -0.1) is 0 Å². The molecule has 42 heavy (non-hydrogen) atoms. The number of allylic oxidation sites excluding steroid dienone is 2. The maximum Gasteiger partial charge on any atom is 0.193 e. The van der Waals surface area contributed by atoms with Gasteiger partial charge >= 0.3 is 0 Å². The summed E-state index contributed by atoms with van der Waals surface area (Å²) in [7, 11) is -8.69. The van der Waals surface area contributed by atoms with E-state index in [-0.39, 0.29) is 44.6 Å². The van der Waals surface area contributed by atoms with Gasteiger partial charge in [0.2, 0.25) is 0 Å². The van der Waals surface area contributed by atoms with Gasteiger partial charge in [0.05, 0.1) is 6.61 Å². The molecular weight excluding hydrogens is 589 g/mol.